The molecule has 0 bridgehead atoms. The maximum absolute atomic E-state index is 11.5. The molecule has 5 nitrogen and oxygen atoms in total. The summed E-state index contributed by atoms with van der Waals surface area (Å²) in [5.41, 5.74) is 6.31. The van der Waals surface area contributed by atoms with Crippen LogP contribution in [-0.2, 0) is 4.79 Å². The minimum Gasteiger partial charge on any atom is -0.494 e. The Kier molecular flexibility index (Phi) is 7.42. The number of rotatable bonds is 6. The number of hydrazine groups is 1. The fourth-order valence-corrected chi connectivity index (χ4v) is 1.72. The summed E-state index contributed by atoms with van der Waals surface area (Å²) < 4.78 is 5.56. The number of thiocarbonyl (C=S) groups is 1. The van der Waals surface area contributed by atoms with E-state index in [2.05, 4.69) is 16.2 Å². The smallest absolute Gasteiger partial charge is 0.238 e. The Bertz CT molecular complexity index is 452. The van der Waals surface area contributed by atoms with Crippen molar-refractivity contribution in [2.45, 2.75) is 26.7 Å². The van der Waals surface area contributed by atoms with Crippen LogP contribution in [0.4, 0.5) is 0 Å². The van der Waals surface area contributed by atoms with Crippen molar-refractivity contribution in [1.82, 2.24) is 16.2 Å². The van der Waals surface area contributed by atoms with Crippen LogP contribution in [0, 0.1) is 6.92 Å². The molecule has 0 saturated carbocycles. The Morgan fingerprint density at radius 1 is 1.35 bits per heavy atom. The molecule has 0 aliphatic carbocycles. The van der Waals surface area contributed by atoms with Crippen molar-refractivity contribution >= 4 is 23.2 Å². The third kappa shape index (κ3) is 6.94. The maximum atomic E-state index is 11.5. The summed E-state index contributed by atoms with van der Waals surface area (Å²) in [5, 5.41) is 3.29. The van der Waals surface area contributed by atoms with Gasteiger partial charge in [-0.05, 0) is 50.2 Å². The predicted octanol–water partition coefficient (Wildman–Crippen LogP) is 1.67. The van der Waals surface area contributed by atoms with Crippen LogP contribution in [0.2, 0.25) is 0 Å². The van der Waals surface area contributed by atoms with Gasteiger partial charge in [0.1, 0.15) is 5.75 Å². The highest BCUT2D eigenvalue weighted by Crippen LogP contribution is 2.12. The number of hydrogen-bond donors (Lipinski definition) is 3. The van der Waals surface area contributed by atoms with E-state index in [0.717, 1.165) is 11.3 Å². The van der Waals surface area contributed by atoms with Crippen molar-refractivity contribution in [3.63, 3.8) is 0 Å². The molecule has 0 radical (unpaired) electrons. The molecule has 0 aromatic heterocycles. The third-order valence-electron chi connectivity index (χ3n) is 2.46. The lowest BCUT2D eigenvalue weighted by atomic mass is 10.2. The second-order valence-corrected chi connectivity index (χ2v) is 4.71. The van der Waals surface area contributed by atoms with Crippen molar-refractivity contribution in [2.24, 2.45) is 0 Å². The monoisotopic (exact) mass is 295 g/mol. The fourth-order valence-electron chi connectivity index (χ4n) is 1.52. The summed E-state index contributed by atoms with van der Waals surface area (Å²) in [6.07, 6.45) is 1.03. The first-order valence-electron chi connectivity index (χ1n) is 6.64. The van der Waals surface area contributed by atoms with Crippen LogP contribution in [0.1, 0.15) is 25.3 Å². The second-order valence-electron chi connectivity index (χ2n) is 4.30. The zero-order valence-corrected chi connectivity index (χ0v) is 12.7. The zero-order valence-electron chi connectivity index (χ0n) is 11.9. The van der Waals surface area contributed by atoms with Crippen LogP contribution in [-0.4, -0.2) is 24.2 Å². The van der Waals surface area contributed by atoms with Gasteiger partial charge in [-0.25, -0.2) is 0 Å². The summed E-state index contributed by atoms with van der Waals surface area (Å²) in [7, 11) is 0. The van der Waals surface area contributed by atoms with Crippen molar-refractivity contribution < 1.29 is 9.53 Å². The molecule has 3 N–H and O–H groups in total. The second kappa shape index (κ2) is 9.14. The first-order valence-corrected chi connectivity index (χ1v) is 7.04. The van der Waals surface area contributed by atoms with Crippen LogP contribution in [0.15, 0.2) is 24.3 Å². The van der Waals surface area contributed by atoms with Gasteiger partial charge in [0, 0.05) is 13.0 Å². The van der Waals surface area contributed by atoms with Crippen LogP contribution < -0.4 is 20.9 Å². The quantitative estimate of drug-likeness (QED) is 0.423. The van der Waals surface area contributed by atoms with E-state index >= 15 is 0 Å². The minimum atomic E-state index is -0.113. The highest BCUT2D eigenvalue weighted by atomic mass is 32.1. The average Bonchev–Trinajstić information content (AvgIpc) is 2.42. The van der Waals surface area contributed by atoms with Gasteiger partial charge >= 0.3 is 0 Å². The number of carbonyl (C=O) groups excluding carboxylic acids is 1. The number of amides is 1. The average molecular weight is 295 g/mol. The molecule has 0 heterocycles. The Morgan fingerprint density at radius 3 is 2.85 bits per heavy atom. The Labute approximate surface area is 125 Å². The molecule has 1 amide bonds. The van der Waals surface area contributed by atoms with Gasteiger partial charge in [-0.15, -0.1) is 0 Å². The number of ether oxygens (including phenoxy) is 1. The topological polar surface area (TPSA) is 62.4 Å². The molecule has 0 spiro atoms. The molecular weight excluding hydrogens is 274 g/mol. The summed E-state index contributed by atoms with van der Waals surface area (Å²) in [6.45, 7) is 5.16. The van der Waals surface area contributed by atoms with Crippen LogP contribution >= 0.6 is 12.2 Å². The van der Waals surface area contributed by atoms with Crippen molar-refractivity contribution in [1.29, 1.82) is 0 Å². The van der Waals surface area contributed by atoms with E-state index < -0.39 is 0 Å². The first kappa shape index (κ1) is 16.2. The molecule has 20 heavy (non-hydrogen) atoms. The summed E-state index contributed by atoms with van der Waals surface area (Å²) in [5.74, 6) is 0.718. The number of carbonyl (C=O) groups is 1. The van der Waals surface area contributed by atoms with Gasteiger partial charge in [0.05, 0.1) is 6.61 Å². The Balaban J connectivity index is 2.11. The van der Waals surface area contributed by atoms with Gasteiger partial charge in [0.2, 0.25) is 5.91 Å². The van der Waals surface area contributed by atoms with Gasteiger partial charge in [0.25, 0.3) is 0 Å². The van der Waals surface area contributed by atoms with Crippen molar-refractivity contribution in [3.8, 4) is 5.75 Å². The van der Waals surface area contributed by atoms with Gasteiger partial charge in [-0.1, -0.05) is 12.1 Å². The van der Waals surface area contributed by atoms with Gasteiger partial charge in [-0.2, -0.15) is 0 Å². The molecule has 0 fully saturated rings. The molecule has 1 rings (SSSR count). The van der Waals surface area contributed by atoms with E-state index in [9.17, 15) is 4.79 Å². The largest absolute Gasteiger partial charge is 0.494 e. The van der Waals surface area contributed by atoms with Crippen LogP contribution in [0.3, 0.4) is 0 Å². The van der Waals surface area contributed by atoms with E-state index in [1.807, 2.05) is 38.1 Å². The van der Waals surface area contributed by atoms with E-state index in [4.69, 9.17) is 17.0 Å². The third-order valence-corrected chi connectivity index (χ3v) is 2.71. The number of benzene rings is 1. The van der Waals surface area contributed by atoms with Gasteiger partial charge < -0.3 is 10.1 Å². The van der Waals surface area contributed by atoms with Crippen LogP contribution in [0.5, 0.6) is 5.75 Å². The van der Waals surface area contributed by atoms with Gasteiger partial charge in [0.15, 0.2) is 5.11 Å². The molecule has 0 aliphatic rings. The van der Waals surface area contributed by atoms with E-state index in [0.29, 0.717) is 31.1 Å². The lowest BCUT2D eigenvalue weighted by molar-refractivity contribution is -0.121. The highest BCUT2D eigenvalue weighted by molar-refractivity contribution is 7.80. The van der Waals surface area contributed by atoms with Crippen molar-refractivity contribution in [2.75, 3.05) is 13.2 Å². The number of hydrogen-bond acceptors (Lipinski definition) is 3. The molecule has 0 atom stereocenters. The number of aryl methyl sites for hydroxylation is 1. The SMILES string of the molecule is CCNC(=S)NNC(=O)CCCOc1cccc(C)c1. The molecule has 6 heteroatoms. The fraction of sp³-hybridized carbons (Fsp3) is 0.429. The molecule has 110 valence electrons. The van der Waals surface area contributed by atoms with E-state index in [1.165, 1.54) is 0 Å². The molecule has 0 aliphatic heterocycles. The molecular formula is C14H21N3O2S. The van der Waals surface area contributed by atoms with Crippen molar-refractivity contribution in [3.05, 3.63) is 29.8 Å². The summed E-state index contributed by atoms with van der Waals surface area (Å²) in [4.78, 5) is 11.5. The van der Waals surface area contributed by atoms with Gasteiger partial charge in [-0.3, -0.25) is 15.6 Å². The lowest BCUT2D eigenvalue weighted by Crippen LogP contribution is -2.46. The lowest BCUT2D eigenvalue weighted by Gasteiger charge is -2.10. The standard InChI is InChI=1S/C14H21N3O2S/c1-3-15-14(20)17-16-13(18)8-5-9-19-12-7-4-6-11(2)10-12/h4,6-7,10H,3,5,8-9H2,1-2H3,(H,16,18)(H2,15,17,20). The summed E-state index contributed by atoms with van der Waals surface area (Å²) in [6, 6.07) is 7.84. The Hall–Kier alpha value is -1.82. The molecule has 1 aromatic carbocycles. The first-order chi connectivity index (χ1) is 9.61. The Morgan fingerprint density at radius 2 is 2.15 bits per heavy atom. The van der Waals surface area contributed by atoms with E-state index in [-0.39, 0.29) is 5.91 Å². The predicted molar refractivity (Wildman–Crippen MR) is 83.5 cm³/mol. The summed E-state index contributed by atoms with van der Waals surface area (Å²) >= 11 is 4.92. The minimum absolute atomic E-state index is 0.113. The van der Waals surface area contributed by atoms with E-state index in [1.54, 1.807) is 0 Å². The van der Waals surface area contributed by atoms with Crippen LogP contribution in [0.25, 0.3) is 0 Å². The normalized spacial score (nSPS) is 9.70. The zero-order chi connectivity index (χ0) is 14.8. The molecule has 1 aromatic rings. The molecule has 0 saturated heterocycles. The maximum Gasteiger partial charge on any atom is 0.238 e. The highest BCUT2D eigenvalue weighted by Gasteiger charge is 2.02. The number of nitrogens with one attached hydrogen (secondary N) is 3. The molecule has 0 unspecified atom stereocenters.